The molecule has 3 aromatic carbocycles. The van der Waals surface area contributed by atoms with Gasteiger partial charge in [-0.2, -0.15) is 0 Å². The minimum Gasteiger partial charge on any atom is -0.493 e. The molecule has 0 heterocycles. The predicted octanol–water partition coefficient (Wildman–Crippen LogP) is 5.64. The molecule has 0 aliphatic heterocycles. The fourth-order valence-electron chi connectivity index (χ4n) is 2.93. The largest absolute Gasteiger partial charge is 0.493 e. The number of nitrogens with one attached hydrogen (secondary N) is 2. The molecule has 160 valence electrons. The number of carbonyl (C=O) groups excluding carboxylic acids is 2. The Kier molecular flexibility index (Phi) is 7.51. The molecule has 3 aromatic rings. The summed E-state index contributed by atoms with van der Waals surface area (Å²) < 4.78 is 11.1. The molecule has 0 spiro atoms. The van der Waals surface area contributed by atoms with Gasteiger partial charge in [-0.1, -0.05) is 35.9 Å². The number of amides is 2. The molecule has 2 amide bonds. The smallest absolute Gasteiger partial charge is 0.259 e. The van der Waals surface area contributed by atoms with E-state index in [2.05, 4.69) is 10.6 Å². The topological polar surface area (TPSA) is 76.7 Å². The van der Waals surface area contributed by atoms with Crippen LogP contribution < -0.4 is 20.1 Å². The van der Waals surface area contributed by atoms with Crippen LogP contribution in [0.1, 0.15) is 34.6 Å². The zero-order chi connectivity index (χ0) is 22.2. The molecule has 0 saturated carbocycles. The summed E-state index contributed by atoms with van der Waals surface area (Å²) in [6, 6.07) is 18.8. The molecule has 0 fully saturated rings. The van der Waals surface area contributed by atoms with Gasteiger partial charge in [0.1, 0.15) is 11.5 Å². The third kappa shape index (κ3) is 5.55. The van der Waals surface area contributed by atoms with Gasteiger partial charge in [-0.15, -0.1) is 0 Å². The average molecular weight is 439 g/mol. The highest BCUT2D eigenvalue weighted by atomic mass is 35.5. The summed E-state index contributed by atoms with van der Waals surface area (Å²) in [5, 5.41) is 5.90. The lowest BCUT2D eigenvalue weighted by molar-refractivity contribution is 0.101. The first-order valence-corrected chi connectivity index (χ1v) is 10.3. The molecular formula is C24H23ClN2O4. The normalized spacial score (nSPS) is 10.3. The molecule has 2 N–H and O–H groups in total. The number of halogens is 1. The fraction of sp³-hybridized carbons (Fsp3) is 0.167. The van der Waals surface area contributed by atoms with Gasteiger partial charge in [0.05, 0.1) is 35.2 Å². The Balaban J connectivity index is 1.81. The zero-order valence-electron chi connectivity index (χ0n) is 17.3. The quantitative estimate of drug-likeness (QED) is 0.477. The summed E-state index contributed by atoms with van der Waals surface area (Å²) in [5.74, 6) is 0.313. The number of hydrogen-bond donors (Lipinski definition) is 2. The summed E-state index contributed by atoms with van der Waals surface area (Å²) in [6.07, 6.45) is 0. The Bertz CT molecular complexity index is 1080. The predicted molar refractivity (Wildman–Crippen MR) is 123 cm³/mol. The molecule has 0 aliphatic rings. The fourth-order valence-corrected chi connectivity index (χ4v) is 3.10. The van der Waals surface area contributed by atoms with E-state index in [1.165, 1.54) is 6.07 Å². The van der Waals surface area contributed by atoms with Gasteiger partial charge in [-0.3, -0.25) is 9.59 Å². The van der Waals surface area contributed by atoms with E-state index in [0.29, 0.717) is 52.2 Å². The molecule has 31 heavy (non-hydrogen) atoms. The van der Waals surface area contributed by atoms with Crippen LogP contribution in [0.5, 0.6) is 11.5 Å². The van der Waals surface area contributed by atoms with Gasteiger partial charge in [0, 0.05) is 5.56 Å². The van der Waals surface area contributed by atoms with E-state index in [9.17, 15) is 9.59 Å². The summed E-state index contributed by atoms with van der Waals surface area (Å²) in [5.41, 5.74) is 1.59. The lowest BCUT2D eigenvalue weighted by atomic mass is 10.1. The Morgan fingerprint density at radius 1 is 0.774 bits per heavy atom. The van der Waals surface area contributed by atoms with Crippen molar-refractivity contribution in [1.82, 2.24) is 0 Å². The van der Waals surface area contributed by atoms with Crippen LogP contribution in [0.15, 0.2) is 66.7 Å². The van der Waals surface area contributed by atoms with Crippen LogP contribution in [0.4, 0.5) is 11.4 Å². The third-order valence-electron chi connectivity index (χ3n) is 4.34. The lowest BCUT2D eigenvalue weighted by Gasteiger charge is -2.13. The molecule has 0 atom stereocenters. The third-order valence-corrected chi connectivity index (χ3v) is 4.67. The van der Waals surface area contributed by atoms with Crippen molar-refractivity contribution in [3.8, 4) is 11.5 Å². The first-order valence-electron chi connectivity index (χ1n) is 9.89. The van der Waals surface area contributed by atoms with Gasteiger partial charge in [0.25, 0.3) is 11.8 Å². The van der Waals surface area contributed by atoms with Gasteiger partial charge in [-0.05, 0) is 56.3 Å². The number of para-hydroxylation sites is 3. The van der Waals surface area contributed by atoms with E-state index in [0.717, 1.165) is 0 Å². The second-order valence-corrected chi connectivity index (χ2v) is 6.87. The van der Waals surface area contributed by atoms with E-state index in [4.69, 9.17) is 21.1 Å². The highest BCUT2D eigenvalue weighted by Crippen LogP contribution is 2.28. The molecule has 7 heteroatoms. The van der Waals surface area contributed by atoms with E-state index in [1.54, 1.807) is 48.5 Å². The van der Waals surface area contributed by atoms with Crippen LogP contribution in [0.25, 0.3) is 0 Å². The summed E-state index contributed by atoms with van der Waals surface area (Å²) in [6.45, 7) is 4.63. The Labute approximate surface area is 186 Å². The van der Waals surface area contributed by atoms with Gasteiger partial charge >= 0.3 is 0 Å². The van der Waals surface area contributed by atoms with Crippen molar-refractivity contribution >= 4 is 34.8 Å². The van der Waals surface area contributed by atoms with Crippen molar-refractivity contribution in [2.24, 2.45) is 0 Å². The second kappa shape index (κ2) is 10.5. The van der Waals surface area contributed by atoms with Gasteiger partial charge < -0.3 is 20.1 Å². The number of rotatable bonds is 8. The standard InChI is InChI=1S/C24H23ClN2O4/c1-3-30-21-11-7-5-9-17(21)24(29)27-20-15-16(13-14-18(20)25)23(28)26-19-10-6-8-12-22(19)31-4-2/h5-15H,3-4H2,1-2H3,(H,26,28)(H,27,29). The number of anilines is 2. The first kappa shape index (κ1) is 22.2. The van der Waals surface area contributed by atoms with E-state index in [1.807, 2.05) is 26.0 Å². The van der Waals surface area contributed by atoms with Crippen LogP contribution in [0.3, 0.4) is 0 Å². The maximum atomic E-state index is 12.8. The van der Waals surface area contributed by atoms with Gasteiger partial charge in [-0.25, -0.2) is 0 Å². The summed E-state index contributed by atoms with van der Waals surface area (Å²) in [4.78, 5) is 25.6. The van der Waals surface area contributed by atoms with Gasteiger partial charge in [0.15, 0.2) is 0 Å². The van der Waals surface area contributed by atoms with Crippen LogP contribution in [-0.4, -0.2) is 25.0 Å². The molecule has 0 saturated heterocycles. The molecule has 0 aliphatic carbocycles. The van der Waals surface area contributed by atoms with Crippen LogP contribution in [-0.2, 0) is 0 Å². The summed E-state index contributed by atoms with van der Waals surface area (Å²) in [7, 11) is 0. The zero-order valence-corrected chi connectivity index (χ0v) is 18.0. The van der Waals surface area contributed by atoms with Crippen molar-refractivity contribution in [3.63, 3.8) is 0 Å². The maximum absolute atomic E-state index is 12.8. The second-order valence-electron chi connectivity index (χ2n) is 6.46. The van der Waals surface area contributed by atoms with Gasteiger partial charge in [0.2, 0.25) is 0 Å². The molecule has 0 unspecified atom stereocenters. The van der Waals surface area contributed by atoms with E-state index in [-0.39, 0.29) is 11.8 Å². The SMILES string of the molecule is CCOc1ccccc1NC(=O)c1ccc(Cl)c(NC(=O)c2ccccc2OCC)c1. The van der Waals surface area contributed by atoms with E-state index < -0.39 is 0 Å². The lowest BCUT2D eigenvalue weighted by Crippen LogP contribution is -2.16. The van der Waals surface area contributed by atoms with Crippen molar-refractivity contribution in [1.29, 1.82) is 0 Å². The van der Waals surface area contributed by atoms with Crippen molar-refractivity contribution in [2.45, 2.75) is 13.8 Å². The van der Waals surface area contributed by atoms with Crippen molar-refractivity contribution < 1.29 is 19.1 Å². The van der Waals surface area contributed by atoms with Crippen molar-refractivity contribution in [2.75, 3.05) is 23.8 Å². The van der Waals surface area contributed by atoms with E-state index >= 15 is 0 Å². The average Bonchev–Trinajstić information content (AvgIpc) is 2.77. The van der Waals surface area contributed by atoms with Crippen LogP contribution in [0, 0.1) is 0 Å². The highest BCUT2D eigenvalue weighted by molar-refractivity contribution is 6.34. The molecule has 3 rings (SSSR count). The maximum Gasteiger partial charge on any atom is 0.259 e. The van der Waals surface area contributed by atoms with Crippen LogP contribution >= 0.6 is 11.6 Å². The minimum absolute atomic E-state index is 0.313. The monoisotopic (exact) mass is 438 g/mol. The molecule has 0 radical (unpaired) electrons. The first-order chi connectivity index (χ1) is 15.0. The Morgan fingerprint density at radius 2 is 1.39 bits per heavy atom. The molecular weight excluding hydrogens is 416 g/mol. The summed E-state index contributed by atoms with van der Waals surface area (Å²) >= 11 is 6.26. The number of ether oxygens (including phenoxy) is 2. The number of carbonyl (C=O) groups is 2. The highest BCUT2D eigenvalue weighted by Gasteiger charge is 2.16. The number of hydrogen-bond acceptors (Lipinski definition) is 4. The van der Waals surface area contributed by atoms with Crippen LogP contribution in [0.2, 0.25) is 5.02 Å². The molecule has 0 aromatic heterocycles. The number of benzene rings is 3. The Morgan fingerprint density at radius 3 is 2.13 bits per heavy atom. The molecule has 6 nitrogen and oxygen atoms in total. The minimum atomic E-state index is -0.384. The van der Waals surface area contributed by atoms with Crippen molar-refractivity contribution in [3.05, 3.63) is 82.9 Å². The molecule has 0 bridgehead atoms. The Hall–Kier alpha value is -3.51.